The molecule has 9 aromatic rings. The molecule has 10 rings (SSSR count). The lowest BCUT2D eigenvalue weighted by Gasteiger charge is -2.33. The number of nitrogens with zero attached hydrogens (tertiary/aromatic N) is 4. The first-order chi connectivity index (χ1) is 28.1. The second kappa shape index (κ2) is 14.1. The first-order valence-corrected chi connectivity index (χ1v) is 19.4. The fraction of sp³-hybridized carbons (Fsp3) is 0.0566. The quantitative estimate of drug-likeness (QED) is 0.164. The van der Waals surface area contributed by atoms with E-state index in [0.717, 1.165) is 44.8 Å². The van der Waals surface area contributed by atoms with Crippen molar-refractivity contribution in [1.29, 1.82) is 0 Å². The number of hydrogen-bond acceptors (Lipinski definition) is 4. The first kappa shape index (κ1) is 34.2. The van der Waals surface area contributed by atoms with Crippen LogP contribution in [0.2, 0.25) is 0 Å². The summed E-state index contributed by atoms with van der Waals surface area (Å²) in [5.74, 6) is 1.90. The first-order valence-electron chi connectivity index (χ1n) is 19.4. The molecule has 4 nitrogen and oxygen atoms in total. The van der Waals surface area contributed by atoms with E-state index in [1.807, 2.05) is 32.0 Å². The number of hydrogen-bond donors (Lipinski definition) is 0. The zero-order valence-corrected chi connectivity index (χ0v) is 31.8. The summed E-state index contributed by atoms with van der Waals surface area (Å²) < 4.78 is 0. The number of rotatable bonds is 7. The van der Waals surface area contributed by atoms with E-state index < -0.39 is 5.41 Å². The van der Waals surface area contributed by atoms with Crippen molar-refractivity contribution in [3.05, 3.63) is 228 Å². The highest BCUT2D eigenvalue weighted by Crippen LogP contribution is 2.58. The highest BCUT2D eigenvalue weighted by molar-refractivity contribution is 5.94. The normalized spacial score (nSPS) is 12.5. The van der Waals surface area contributed by atoms with Gasteiger partial charge in [0.1, 0.15) is 0 Å². The summed E-state index contributed by atoms with van der Waals surface area (Å²) in [7, 11) is 0. The highest BCUT2D eigenvalue weighted by atomic mass is 15.0. The number of fused-ring (bicyclic) bond motifs is 3. The van der Waals surface area contributed by atoms with Gasteiger partial charge in [-0.2, -0.15) is 0 Å². The standard InChI is InChI=1S/C53H38N4/c1-35-32-42(33-36(2)54-35)38-30-28-37(29-31-38)40-18-14-19-41(34-40)51-55-50(39-16-6-3-7-17-39)56-52(57-51)46-25-15-27-48-49(46)45-24-12-13-26-47(45)53(48,43-20-8-4-9-21-43)44-22-10-5-11-23-44/h3-34H,1-2H3. The second-order valence-corrected chi connectivity index (χ2v) is 14.7. The van der Waals surface area contributed by atoms with Gasteiger partial charge in [0.15, 0.2) is 17.5 Å². The third kappa shape index (κ3) is 5.94. The van der Waals surface area contributed by atoms with Gasteiger partial charge >= 0.3 is 0 Å². The Morgan fingerprint density at radius 3 is 1.46 bits per heavy atom. The molecule has 270 valence electrons. The maximum atomic E-state index is 5.32. The lowest BCUT2D eigenvalue weighted by atomic mass is 9.67. The third-order valence-corrected chi connectivity index (χ3v) is 11.1. The number of pyridine rings is 1. The molecule has 0 radical (unpaired) electrons. The van der Waals surface area contributed by atoms with Crippen LogP contribution in [0.1, 0.15) is 33.6 Å². The van der Waals surface area contributed by atoms with Crippen LogP contribution in [0.4, 0.5) is 0 Å². The predicted molar refractivity (Wildman–Crippen MR) is 232 cm³/mol. The largest absolute Gasteiger partial charge is 0.258 e. The van der Waals surface area contributed by atoms with E-state index >= 15 is 0 Å². The molecule has 7 aromatic carbocycles. The molecule has 0 N–H and O–H groups in total. The summed E-state index contributed by atoms with van der Waals surface area (Å²) >= 11 is 0. The Hall–Kier alpha value is -7.30. The molecule has 0 atom stereocenters. The molecule has 0 spiro atoms. The molecule has 0 fully saturated rings. The number of aromatic nitrogens is 4. The van der Waals surface area contributed by atoms with Crippen molar-refractivity contribution in [2.24, 2.45) is 0 Å². The van der Waals surface area contributed by atoms with E-state index in [2.05, 4.69) is 181 Å². The number of benzene rings is 7. The number of aryl methyl sites for hydroxylation is 2. The minimum absolute atomic E-state index is 0.526. The molecule has 0 saturated carbocycles. The maximum Gasteiger partial charge on any atom is 0.164 e. The van der Waals surface area contributed by atoms with Gasteiger partial charge in [-0.15, -0.1) is 0 Å². The van der Waals surface area contributed by atoms with Gasteiger partial charge in [0.2, 0.25) is 0 Å². The molecular weight excluding hydrogens is 693 g/mol. The third-order valence-electron chi connectivity index (χ3n) is 11.1. The minimum Gasteiger partial charge on any atom is -0.258 e. The molecule has 1 aliphatic carbocycles. The van der Waals surface area contributed by atoms with E-state index in [-0.39, 0.29) is 0 Å². The lowest BCUT2D eigenvalue weighted by molar-refractivity contribution is 0.768. The summed E-state index contributed by atoms with van der Waals surface area (Å²) in [6.45, 7) is 4.08. The van der Waals surface area contributed by atoms with Crippen LogP contribution in [0, 0.1) is 13.8 Å². The van der Waals surface area contributed by atoms with Crippen LogP contribution in [0.3, 0.4) is 0 Å². The SMILES string of the molecule is Cc1cc(-c2ccc(-c3cccc(-c4nc(-c5ccccc5)nc(-c5cccc6c5-c5ccccc5C6(c5ccccc5)c5ccccc5)n4)c3)cc2)cc(C)n1. The molecule has 4 heteroatoms. The van der Waals surface area contributed by atoms with Crippen molar-refractivity contribution in [3.8, 4) is 67.5 Å². The fourth-order valence-corrected chi connectivity index (χ4v) is 8.72. The van der Waals surface area contributed by atoms with Crippen molar-refractivity contribution in [3.63, 3.8) is 0 Å². The van der Waals surface area contributed by atoms with Crippen molar-refractivity contribution in [2.75, 3.05) is 0 Å². The fourth-order valence-electron chi connectivity index (χ4n) is 8.72. The maximum absolute atomic E-state index is 5.32. The van der Waals surface area contributed by atoms with Crippen LogP contribution >= 0.6 is 0 Å². The van der Waals surface area contributed by atoms with Gasteiger partial charge in [0, 0.05) is 28.1 Å². The molecule has 1 aliphatic rings. The van der Waals surface area contributed by atoms with Crippen LogP contribution in [0.5, 0.6) is 0 Å². The van der Waals surface area contributed by atoms with Gasteiger partial charge in [-0.05, 0) is 87.7 Å². The molecule has 0 saturated heterocycles. The molecule has 2 heterocycles. The minimum atomic E-state index is -0.526. The summed E-state index contributed by atoms with van der Waals surface area (Å²) in [5.41, 5.74) is 16.1. The molecule has 0 unspecified atom stereocenters. The average molecular weight is 731 g/mol. The predicted octanol–water partition coefficient (Wildman–Crippen LogP) is 12.6. The topological polar surface area (TPSA) is 51.6 Å². The average Bonchev–Trinajstić information content (AvgIpc) is 3.58. The Labute approximate surface area is 333 Å². The summed E-state index contributed by atoms with van der Waals surface area (Å²) in [6, 6.07) is 68.9. The van der Waals surface area contributed by atoms with Gasteiger partial charge in [-0.3, -0.25) is 4.98 Å². The summed E-state index contributed by atoms with van der Waals surface area (Å²) in [6.07, 6.45) is 0. The van der Waals surface area contributed by atoms with E-state index in [1.54, 1.807) is 0 Å². The van der Waals surface area contributed by atoms with Gasteiger partial charge in [0.25, 0.3) is 0 Å². The Balaban J connectivity index is 1.15. The van der Waals surface area contributed by atoms with Crippen molar-refractivity contribution >= 4 is 0 Å². The zero-order valence-electron chi connectivity index (χ0n) is 31.8. The Kier molecular flexibility index (Phi) is 8.45. The zero-order chi connectivity index (χ0) is 38.3. The molecule has 0 amide bonds. The molecule has 0 aliphatic heterocycles. The van der Waals surface area contributed by atoms with E-state index in [9.17, 15) is 0 Å². The van der Waals surface area contributed by atoms with E-state index in [0.29, 0.717) is 17.5 Å². The molecule has 57 heavy (non-hydrogen) atoms. The monoisotopic (exact) mass is 730 g/mol. The Morgan fingerprint density at radius 2 is 0.789 bits per heavy atom. The van der Waals surface area contributed by atoms with Crippen LogP contribution in [0.15, 0.2) is 194 Å². The van der Waals surface area contributed by atoms with Gasteiger partial charge in [0.05, 0.1) is 5.41 Å². The van der Waals surface area contributed by atoms with Gasteiger partial charge in [-0.1, -0.05) is 176 Å². The van der Waals surface area contributed by atoms with Crippen molar-refractivity contribution < 1.29 is 0 Å². The smallest absolute Gasteiger partial charge is 0.164 e. The molecule has 2 aromatic heterocycles. The molecular formula is C53H38N4. The van der Waals surface area contributed by atoms with Crippen LogP contribution in [-0.2, 0) is 5.41 Å². The van der Waals surface area contributed by atoms with Crippen molar-refractivity contribution in [2.45, 2.75) is 19.3 Å². The molecule has 0 bridgehead atoms. The highest BCUT2D eigenvalue weighted by Gasteiger charge is 2.47. The lowest BCUT2D eigenvalue weighted by Crippen LogP contribution is -2.28. The second-order valence-electron chi connectivity index (χ2n) is 14.7. The van der Waals surface area contributed by atoms with Crippen LogP contribution < -0.4 is 0 Å². The van der Waals surface area contributed by atoms with E-state index in [4.69, 9.17) is 15.0 Å². The van der Waals surface area contributed by atoms with Crippen molar-refractivity contribution in [1.82, 2.24) is 19.9 Å². The summed E-state index contributed by atoms with van der Waals surface area (Å²) in [5, 5.41) is 0. The Morgan fingerprint density at radius 1 is 0.316 bits per heavy atom. The summed E-state index contributed by atoms with van der Waals surface area (Å²) in [4.78, 5) is 20.3. The van der Waals surface area contributed by atoms with Gasteiger partial charge in [-0.25, -0.2) is 15.0 Å². The van der Waals surface area contributed by atoms with E-state index in [1.165, 1.54) is 38.9 Å². The van der Waals surface area contributed by atoms with Crippen LogP contribution in [-0.4, -0.2) is 19.9 Å². The van der Waals surface area contributed by atoms with Gasteiger partial charge < -0.3 is 0 Å². The van der Waals surface area contributed by atoms with Crippen LogP contribution in [0.25, 0.3) is 67.5 Å². The Bertz CT molecular complexity index is 2840.